The second-order valence-corrected chi connectivity index (χ2v) is 4.01. The summed E-state index contributed by atoms with van der Waals surface area (Å²) in [4.78, 5) is 11.6. The Morgan fingerprint density at radius 3 is 3.08 bits per heavy atom. The Balaban J connectivity index is 2.09. The van der Waals surface area contributed by atoms with Gasteiger partial charge in [0.25, 0.3) is 0 Å². The minimum atomic E-state index is 0.411. The van der Waals surface area contributed by atoms with Crippen molar-refractivity contribution in [1.29, 1.82) is 0 Å². The van der Waals surface area contributed by atoms with Crippen LogP contribution in [0.25, 0.3) is 0 Å². The van der Waals surface area contributed by atoms with Crippen LogP contribution in [0.5, 0.6) is 0 Å². The molecule has 2 rings (SSSR count). The van der Waals surface area contributed by atoms with Crippen LogP contribution in [-0.2, 0) is 4.79 Å². The predicted octanol–water partition coefficient (Wildman–Crippen LogP) is 2.71. The lowest BCUT2D eigenvalue weighted by Gasteiger charge is -2.28. The minimum Gasteiger partial charge on any atom is -0.299 e. The number of carbonyl (C=O) groups is 1. The number of Topliss-reactive ketones (excluding diaryl/α,β-unsaturated/α-hetero) is 1. The van der Waals surface area contributed by atoms with Crippen LogP contribution in [0.4, 0.5) is 0 Å². The molecule has 0 radical (unpaired) electrons. The number of fused-ring (bicyclic) bond motifs is 1. The Hall–Kier alpha value is -0.590. The first kappa shape index (κ1) is 8.03. The molecule has 66 valence electrons. The summed E-state index contributed by atoms with van der Waals surface area (Å²) in [6.07, 6.45) is 11.1. The molecule has 0 aliphatic heterocycles. The molecule has 0 amide bonds. The van der Waals surface area contributed by atoms with Crippen LogP contribution in [0.15, 0.2) is 12.2 Å². The minimum absolute atomic E-state index is 0.411. The van der Waals surface area contributed by atoms with E-state index in [0.717, 1.165) is 32.1 Å². The van der Waals surface area contributed by atoms with Gasteiger partial charge in [0.2, 0.25) is 0 Å². The lowest BCUT2D eigenvalue weighted by molar-refractivity contribution is -0.126. The average molecular weight is 164 g/mol. The van der Waals surface area contributed by atoms with Gasteiger partial charge >= 0.3 is 0 Å². The zero-order valence-corrected chi connectivity index (χ0v) is 7.46. The highest BCUT2D eigenvalue weighted by Crippen LogP contribution is 2.34. The van der Waals surface area contributed by atoms with Crippen molar-refractivity contribution >= 4 is 5.78 Å². The molecule has 1 nitrogen and oxygen atoms in total. The van der Waals surface area contributed by atoms with Gasteiger partial charge in [0.15, 0.2) is 0 Å². The predicted molar refractivity (Wildman–Crippen MR) is 48.8 cm³/mol. The van der Waals surface area contributed by atoms with Crippen molar-refractivity contribution < 1.29 is 4.79 Å². The molecule has 1 saturated carbocycles. The number of carbonyl (C=O) groups excluding carboxylic acids is 1. The van der Waals surface area contributed by atoms with Crippen molar-refractivity contribution in [3.63, 3.8) is 0 Å². The summed E-state index contributed by atoms with van der Waals surface area (Å²) in [5, 5.41) is 0. The van der Waals surface area contributed by atoms with Crippen molar-refractivity contribution in [3.8, 4) is 0 Å². The van der Waals surface area contributed by atoms with Gasteiger partial charge in [0.1, 0.15) is 5.78 Å². The first-order valence-electron chi connectivity index (χ1n) is 5.05. The second-order valence-electron chi connectivity index (χ2n) is 4.01. The zero-order chi connectivity index (χ0) is 8.39. The molecule has 0 heterocycles. The van der Waals surface area contributed by atoms with Gasteiger partial charge in [-0.25, -0.2) is 0 Å². The van der Waals surface area contributed by atoms with E-state index in [-0.39, 0.29) is 0 Å². The summed E-state index contributed by atoms with van der Waals surface area (Å²) in [7, 11) is 0. The van der Waals surface area contributed by atoms with Crippen molar-refractivity contribution in [2.75, 3.05) is 0 Å². The normalized spacial score (nSPS) is 35.8. The summed E-state index contributed by atoms with van der Waals surface area (Å²) in [5.74, 6) is 1.63. The van der Waals surface area contributed by atoms with E-state index in [1.165, 1.54) is 6.42 Å². The summed E-state index contributed by atoms with van der Waals surface area (Å²) in [6, 6.07) is 0. The molecule has 1 fully saturated rings. The molecule has 12 heavy (non-hydrogen) atoms. The number of ketones is 1. The summed E-state index contributed by atoms with van der Waals surface area (Å²) in [5.41, 5.74) is 0. The van der Waals surface area contributed by atoms with Gasteiger partial charge in [0, 0.05) is 12.3 Å². The van der Waals surface area contributed by atoms with Crippen LogP contribution in [0.2, 0.25) is 0 Å². The van der Waals surface area contributed by atoms with Crippen molar-refractivity contribution in [3.05, 3.63) is 12.2 Å². The molecule has 2 aliphatic rings. The number of allylic oxidation sites excluding steroid dienone is 2. The van der Waals surface area contributed by atoms with E-state index in [0.29, 0.717) is 17.6 Å². The van der Waals surface area contributed by atoms with Gasteiger partial charge in [-0.05, 0) is 38.0 Å². The Labute approximate surface area is 73.8 Å². The van der Waals surface area contributed by atoms with Crippen molar-refractivity contribution in [2.24, 2.45) is 11.8 Å². The molecule has 2 unspecified atom stereocenters. The van der Waals surface area contributed by atoms with Gasteiger partial charge in [-0.3, -0.25) is 4.79 Å². The van der Waals surface area contributed by atoms with Crippen LogP contribution >= 0.6 is 0 Å². The van der Waals surface area contributed by atoms with Gasteiger partial charge in [-0.1, -0.05) is 12.2 Å². The lowest BCUT2D eigenvalue weighted by atomic mass is 9.76. The highest BCUT2D eigenvalue weighted by molar-refractivity contribution is 5.82. The molecule has 0 aromatic carbocycles. The smallest absolute Gasteiger partial charge is 0.136 e. The van der Waals surface area contributed by atoms with E-state index >= 15 is 0 Å². The van der Waals surface area contributed by atoms with Crippen molar-refractivity contribution in [2.45, 2.75) is 38.5 Å². The Morgan fingerprint density at radius 2 is 2.17 bits per heavy atom. The van der Waals surface area contributed by atoms with Crippen LogP contribution in [0.3, 0.4) is 0 Å². The zero-order valence-electron chi connectivity index (χ0n) is 7.46. The SMILES string of the molecule is O=C1CCCC2CC=CCCC12. The van der Waals surface area contributed by atoms with Gasteiger partial charge in [0.05, 0.1) is 0 Å². The molecule has 0 N–H and O–H groups in total. The fourth-order valence-electron chi connectivity index (χ4n) is 2.53. The molecule has 0 spiro atoms. The summed E-state index contributed by atoms with van der Waals surface area (Å²) >= 11 is 0. The largest absolute Gasteiger partial charge is 0.299 e. The number of rotatable bonds is 0. The van der Waals surface area contributed by atoms with E-state index in [9.17, 15) is 4.79 Å². The maximum absolute atomic E-state index is 11.6. The molecular weight excluding hydrogens is 148 g/mol. The third kappa shape index (κ3) is 1.45. The van der Waals surface area contributed by atoms with E-state index < -0.39 is 0 Å². The molecule has 0 saturated heterocycles. The third-order valence-electron chi connectivity index (χ3n) is 3.23. The molecule has 0 aromatic rings. The second kappa shape index (κ2) is 3.42. The highest BCUT2D eigenvalue weighted by Gasteiger charge is 2.30. The Bertz CT molecular complexity index is 205. The molecule has 2 atom stereocenters. The maximum Gasteiger partial charge on any atom is 0.136 e. The van der Waals surface area contributed by atoms with Crippen LogP contribution in [0, 0.1) is 11.8 Å². The molecule has 0 bridgehead atoms. The monoisotopic (exact) mass is 164 g/mol. The maximum atomic E-state index is 11.6. The van der Waals surface area contributed by atoms with Gasteiger partial charge in [-0.15, -0.1) is 0 Å². The van der Waals surface area contributed by atoms with E-state index in [4.69, 9.17) is 0 Å². The quantitative estimate of drug-likeness (QED) is 0.503. The van der Waals surface area contributed by atoms with E-state index in [1.54, 1.807) is 0 Å². The topological polar surface area (TPSA) is 17.1 Å². The van der Waals surface area contributed by atoms with E-state index in [2.05, 4.69) is 12.2 Å². The number of hydrogen-bond acceptors (Lipinski definition) is 1. The van der Waals surface area contributed by atoms with Crippen molar-refractivity contribution in [1.82, 2.24) is 0 Å². The fraction of sp³-hybridized carbons (Fsp3) is 0.727. The first-order chi connectivity index (χ1) is 5.88. The van der Waals surface area contributed by atoms with Crippen LogP contribution in [0.1, 0.15) is 38.5 Å². The molecule has 0 aromatic heterocycles. The standard InChI is InChI=1S/C11H16O/c12-11-8-4-6-9-5-2-1-3-7-10(9)11/h1-2,9-10H,3-8H2. The summed E-state index contributed by atoms with van der Waals surface area (Å²) < 4.78 is 0. The van der Waals surface area contributed by atoms with Crippen LogP contribution < -0.4 is 0 Å². The van der Waals surface area contributed by atoms with Crippen LogP contribution in [-0.4, -0.2) is 5.78 Å². The lowest BCUT2D eigenvalue weighted by Crippen LogP contribution is -2.27. The number of hydrogen-bond donors (Lipinski definition) is 0. The Morgan fingerprint density at radius 1 is 1.25 bits per heavy atom. The summed E-state index contributed by atoms with van der Waals surface area (Å²) in [6.45, 7) is 0. The fourth-order valence-corrected chi connectivity index (χ4v) is 2.53. The first-order valence-corrected chi connectivity index (χ1v) is 5.05. The highest BCUT2D eigenvalue weighted by atomic mass is 16.1. The third-order valence-corrected chi connectivity index (χ3v) is 3.23. The molecule has 1 heteroatoms. The van der Waals surface area contributed by atoms with Gasteiger partial charge in [-0.2, -0.15) is 0 Å². The average Bonchev–Trinajstić information content (AvgIpc) is 2.30. The Kier molecular flexibility index (Phi) is 2.29. The van der Waals surface area contributed by atoms with E-state index in [1.807, 2.05) is 0 Å². The molecular formula is C11H16O. The van der Waals surface area contributed by atoms with Gasteiger partial charge < -0.3 is 0 Å². The molecule has 2 aliphatic carbocycles.